The van der Waals surface area contributed by atoms with Crippen molar-refractivity contribution in [1.29, 1.82) is 0 Å². The Balaban J connectivity index is 3.38. The number of halogens is 4. The molecular weight excluding hydrogens is 279 g/mol. The lowest BCUT2D eigenvalue weighted by molar-refractivity contribution is -0.138. The van der Waals surface area contributed by atoms with E-state index in [0.717, 1.165) is 0 Å². The van der Waals surface area contributed by atoms with Crippen LogP contribution in [0.25, 0.3) is 0 Å². The Labute approximate surface area is 90.8 Å². The normalized spacial score (nSPS) is 12.6. The highest BCUT2D eigenvalue weighted by atomic mass is 79.9. The molecule has 1 aromatic carbocycles. The Morgan fingerprint density at radius 3 is 2.40 bits per heavy atom. The Hall–Kier alpha value is -1.08. The largest absolute Gasteiger partial charge is 0.480 e. The van der Waals surface area contributed by atoms with Crippen molar-refractivity contribution < 1.29 is 23.1 Å². The molecule has 3 nitrogen and oxygen atoms in total. The van der Waals surface area contributed by atoms with E-state index >= 15 is 0 Å². The van der Waals surface area contributed by atoms with Crippen molar-refractivity contribution >= 4 is 21.9 Å². The van der Waals surface area contributed by atoms with Crippen molar-refractivity contribution in [2.45, 2.75) is 6.04 Å². The van der Waals surface area contributed by atoms with E-state index in [2.05, 4.69) is 15.9 Å². The molecule has 7 heteroatoms. The van der Waals surface area contributed by atoms with Gasteiger partial charge in [0.05, 0.1) is 4.47 Å². The maximum Gasteiger partial charge on any atom is 0.325 e. The summed E-state index contributed by atoms with van der Waals surface area (Å²) < 4.78 is 38.4. The van der Waals surface area contributed by atoms with Gasteiger partial charge >= 0.3 is 5.97 Å². The fourth-order valence-electron chi connectivity index (χ4n) is 0.950. The topological polar surface area (TPSA) is 63.3 Å². The van der Waals surface area contributed by atoms with E-state index in [1.54, 1.807) is 0 Å². The molecule has 15 heavy (non-hydrogen) atoms. The van der Waals surface area contributed by atoms with Gasteiger partial charge in [0.25, 0.3) is 0 Å². The minimum atomic E-state index is -1.80. The predicted octanol–water partition coefficient (Wildman–Crippen LogP) is 1.95. The number of benzene rings is 1. The molecule has 82 valence electrons. The summed E-state index contributed by atoms with van der Waals surface area (Å²) in [6, 6.07) is -1.26. The molecule has 1 atom stereocenters. The fraction of sp³-hybridized carbons (Fsp3) is 0.125. The highest BCUT2D eigenvalue weighted by Crippen LogP contribution is 2.27. The van der Waals surface area contributed by atoms with Crippen molar-refractivity contribution in [2.75, 3.05) is 0 Å². The molecule has 0 heterocycles. The van der Waals surface area contributed by atoms with Crippen molar-refractivity contribution in [1.82, 2.24) is 0 Å². The summed E-state index contributed by atoms with van der Waals surface area (Å²) in [6.07, 6.45) is 0. The zero-order chi connectivity index (χ0) is 11.7. The van der Waals surface area contributed by atoms with Gasteiger partial charge in [0.2, 0.25) is 0 Å². The number of carbonyl (C=O) groups is 1. The second-order valence-corrected chi connectivity index (χ2v) is 3.50. The molecule has 0 saturated carbocycles. The zero-order valence-corrected chi connectivity index (χ0v) is 8.69. The molecule has 0 aliphatic heterocycles. The summed E-state index contributed by atoms with van der Waals surface area (Å²) in [4.78, 5) is 10.4. The van der Waals surface area contributed by atoms with Crippen LogP contribution in [-0.4, -0.2) is 11.1 Å². The smallest absolute Gasteiger partial charge is 0.325 e. The van der Waals surface area contributed by atoms with Crippen LogP contribution in [0, 0.1) is 17.5 Å². The van der Waals surface area contributed by atoms with Gasteiger partial charge in [0.15, 0.2) is 11.6 Å². The fourth-order valence-corrected chi connectivity index (χ4v) is 1.24. The van der Waals surface area contributed by atoms with E-state index in [1.165, 1.54) is 0 Å². The summed E-state index contributed by atoms with van der Waals surface area (Å²) in [6.45, 7) is 0. The molecule has 0 spiro atoms. The second kappa shape index (κ2) is 4.19. The number of carboxylic acids is 1. The van der Waals surface area contributed by atoms with Crippen LogP contribution >= 0.6 is 15.9 Å². The van der Waals surface area contributed by atoms with Crippen LogP contribution in [0.5, 0.6) is 0 Å². The third-order valence-electron chi connectivity index (χ3n) is 1.73. The van der Waals surface area contributed by atoms with Crippen molar-refractivity contribution in [3.63, 3.8) is 0 Å². The van der Waals surface area contributed by atoms with Gasteiger partial charge in [-0.05, 0) is 22.0 Å². The Morgan fingerprint density at radius 2 is 1.93 bits per heavy atom. The van der Waals surface area contributed by atoms with Crippen molar-refractivity contribution in [3.05, 3.63) is 33.6 Å². The number of nitrogens with two attached hydrogens (primary N) is 1. The quantitative estimate of drug-likeness (QED) is 0.644. The minimum Gasteiger partial charge on any atom is -0.480 e. The maximum absolute atomic E-state index is 13.1. The van der Waals surface area contributed by atoms with Gasteiger partial charge in [-0.15, -0.1) is 0 Å². The summed E-state index contributed by atoms with van der Waals surface area (Å²) in [5, 5.41) is 8.46. The van der Waals surface area contributed by atoms with Crippen LogP contribution in [0.15, 0.2) is 10.5 Å². The Morgan fingerprint density at radius 1 is 1.40 bits per heavy atom. The van der Waals surface area contributed by atoms with Crippen LogP contribution < -0.4 is 5.73 Å². The van der Waals surface area contributed by atoms with Gasteiger partial charge in [-0.2, -0.15) is 0 Å². The SMILES string of the molecule is NC(C(=O)O)c1cc(F)c(Br)c(F)c1F. The maximum atomic E-state index is 13.1. The van der Waals surface area contributed by atoms with Gasteiger partial charge in [-0.25, -0.2) is 13.2 Å². The van der Waals surface area contributed by atoms with E-state index in [1.807, 2.05) is 0 Å². The molecule has 0 fully saturated rings. The van der Waals surface area contributed by atoms with Gasteiger partial charge in [-0.3, -0.25) is 4.79 Å². The standard InChI is InChI=1S/C8H5BrF3NO2/c9-4-3(10)1-2(5(11)6(4)12)7(13)8(14)15/h1,7H,13H2,(H,14,15). The first-order valence-electron chi connectivity index (χ1n) is 3.67. The molecule has 0 aromatic heterocycles. The first-order valence-corrected chi connectivity index (χ1v) is 4.46. The number of hydrogen-bond acceptors (Lipinski definition) is 2. The van der Waals surface area contributed by atoms with Gasteiger partial charge < -0.3 is 10.8 Å². The molecule has 0 radical (unpaired) electrons. The summed E-state index contributed by atoms with van der Waals surface area (Å²) in [7, 11) is 0. The molecular formula is C8H5BrF3NO2. The minimum absolute atomic E-state index is 0.543. The lowest BCUT2D eigenvalue weighted by Gasteiger charge is -2.09. The number of aliphatic carboxylic acids is 1. The Bertz CT molecular complexity index is 425. The predicted molar refractivity (Wildman–Crippen MR) is 48.6 cm³/mol. The Kier molecular flexibility index (Phi) is 3.35. The van der Waals surface area contributed by atoms with Crippen molar-refractivity contribution in [2.24, 2.45) is 5.73 Å². The lowest BCUT2D eigenvalue weighted by atomic mass is 10.1. The van der Waals surface area contributed by atoms with Crippen molar-refractivity contribution in [3.8, 4) is 0 Å². The molecule has 1 unspecified atom stereocenters. The third-order valence-corrected chi connectivity index (χ3v) is 2.46. The first kappa shape index (κ1) is 12.0. The van der Waals surface area contributed by atoms with Gasteiger partial charge in [0.1, 0.15) is 11.9 Å². The van der Waals surface area contributed by atoms with E-state index in [9.17, 15) is 18.0 Å². The molecule has 0 amide bonds. The highest BCUT2D eigenvalue weighted by Gasteiger charge is 2.24. The first-order chi connectivity index (χ1) is 6.86. The van der Waals surface area contributed by atoms with Gasteiger partial charge in [-0.1, -0.05) is 0 Å². The van der Waals surface area contributed by atoms with Crippen LogP contribution in [0.2, 0.25) is 0 Å². The lowest BCUT2D eigenvalue weighted by Crippen LogP contribution is -2.22. The molecule has 3 N–H and O–H groups in total. The molecule has 0 bridgehead atoms. The second-order valence-electron chi connectivity index (χ2n) is 2.71. The van der Waals surface area contributed by atoms with Crippen LogP contribution in [0.4, 0.5) is 13.2 Å². The monoisotopic (exact) mass is 283 g/mol. The van der Waals surface area contributed by atoms with E-state index in [0.29, 0.717) is 6.07 Å². The molecule has 0 aliphatic rings. The van der Waals surface area contributed by atoms with Crippen LogP contribution in [-0.2, 0) is 4.79 Å². The molecule has 0 aliphatic carbocycles. The number of rotatable bonds is 2. The van der Waals surface area contributed by atoms with Crippen LogP contribution in [0.3, 0.4) is 0 Å². The number of hydrogen-bond donors (Lipinski definition) is 2. The molecule has 1 rings (SSSR count). The zero-order valence-electron chi connectivity index (χ0n) is 7.10. The average Bonchev–Trinajstić information content (AvgIpc) is 2.19. The van der Waals surface area contributed by atoms with Gasteiger partial charge in [0, 0.05) is 5.56 Å². The van der Waals surface area contributed by atoms with Crippen LogP contribution in [0.1, 0.15) is 11.6 Å². The summed E-state index contributed by atoms with van der Waals surface area (Å²) in [5.41, 5.74) is 4.30. The average molecular weight is 284 g/mol. The summed E-state index contributed by atoms with van der Waals surface area (Å²) >= 11 is 2.47. The van der Waals surface area contributed by atoms with E-state index in [-0.39, 0.29) is 0 Å². The molecule has 0 saturated heterocycles. The van der Waals surface area contributed by atoms with E-state index < -0.39 is 39.5 Å². The summed E-state index contributed by atoms with van der Waals surface area (Å²) in [5.74, 6) is -5.66. The van der Waals surface area contributed by atoms with E-state index in [4.69, 9.17) is 10.8 Å². The number of carboxylic acid groups (broad SMARTS) is 1. The highest BCUT2D eigenvalue weighted by molar-refractivity contribution is 9.10. The third kappa shape index (κ3) is 2.13. The molecule has 1 aromatic rings.